The molecule has 0 spiro atoms. The summed E-state index contributed by atoms with van der Waals surface area (Å²) in [7, 11) is 1.37. The van der Waals surface area contributed by atoms with Crippen LogP contribution in [0.1, 0.15) is 6.42 Å². The van der Waals surface area contributed by atoms with Crippen molar-refractivity contribution in [2.75, 3.05) is 7.11 Å². The molecule has 12 heavy (non-hydrogen) atoms. The first-order valence-electron chi connectivity index (χ1n) is 3.54. The number of aliphatic carboxylic acids is 1. The Kier molecular flexibility index (Phi) is 2.19. The van der Waals surface area contributed by atoms with Crippen LogP contribution in [-0.4, -0.2) is 23.8 Å². The van der Waals surface area contributed by atoms with E-state index < -0.39 is 11.6 Å². The quantitative estimate of drug-likeness (QED) is 0.621. The summed E-state index contributed by atoms with van der Waals surface area (Å²) in [5.41, 5.74) is 4.79. The van der Waals surface area contributed by atoms with E-state index in [1.807, 2.05) is 0 Å². The number of rotatable bonds is 2. The van der Waals surface area contributed by atoms with Crippen LogP contribution in [0.4, 0.5) is 0 Å². The molecule has 0 radical (unpaired) electrons. The van der Waals surface area contributed by atoms with Gasteiger partial charge in [0.1, 0.15) is 0 Å². The summed E-state index contributed by atoms with van der Waals surface area (Å²) in [5.74, 6) is -0.995. The van der Waals surface area contributed by atoms with Crippen LogP contribution in [0.2, 0.25) is 0 Å². The van der Waals surface area contributed by atoms with Crippen LogP contribution < -0.4 is 5.73 Å². The van der Waals surface area contributed by atoms with Crippen molar-refractivity contribution >= 4 is 5.97 Å². The third kappa shape index (κ3) is 1.33. The highest BCUT2D eigenvalue weighted by Gasteiger charge is 2.36. The van der Waals surface area contributed by atoms with Gasteiger partial charge in [0.25, 0.3) is 0 Å². The third-order valence-electron chi connectivity index (χ3n) is 1.91. The molecule has 0 aliphatic heterocycles. The van der Waals surface area contributed by atoms with Crippen molar-refractivity contribution in [2.45, 2.75) is 12.0 Å². The van der Waals surface area contributed by atoms with E-state index in [0.717, 1.165) is 0 Å². The van der Waals surface area contributed by atoms with E-state index in [-0.39, 0.29) is 6.42 Å². The number of methoxy groups -OCH3 is 1. The molecule has 0 aromatic rings. The van der Waals surface area contributed by atoms with E-state index in [9.17, 15) is 4.79 Å². The van der Waals surface area contributed by atoms with Gasteiger partial charge in [-0.25, -0.2) is 4.79 Å². The normalized spacial score (nSPS) is 28.2. The third-order valence-corrected chi connectivity index (χ3v) is 1.91. The minimum absolute atomic E-state index is 0.279. The monoisotopic (exact) mass is 169 g/mol. The van der Waals surface area contributed by atoms with Gasteiger partial charge in [-0.15, -0.1) is 0 Å². The van der Waals surface area contributed by atoms with E-state index in [1.165, 1.54) is 13.2 Å². The van der Waals surface area contributed by atoms with E-state index in [2.05, 4.69) is 0 Å². The highest BCUT2D eigenvalue weighted by Crippen LogP contribution is 2.22. The summed E-state index contributed by atoms with van der Waals surface area (Å²) < 4.78 is 4.90. The molecule has 0 saturated carbocycles. The molecule has 3 N–H and O–H groups in total. The number of carbonyl (C=O) groups is 1. The molecule has 0 saturated heterocycles. The first-order chi connectivity index (χ1) is 5.60. The lowest BCUT2D eigenvalue weighted by atomic mass is 9.94. The second-order valence-electron chi connectivity index (χ2n) is 2.64. The van der Waals surface area contributed by atoms with Crippen LogP contribution in [0.5, 0.6) is 0 Å². The molecular weight excluding hydrogens is 158 g/mol. The smallest absolute Gasteiger partial charge is 0.340 e. The van der Waals surface area contributed by atoms with Crippen LogP contribution in [0.15, 0.2) is 23.9 Å². The van der Waals surface area contributed by atoms with Crippen molar-refractivity contribution in [1.82, 2.24) is 0 Å². The molecule has 0 heterocycles. The van der Waals surface area contributed by atoms with Gasteiger partial charge in [-0.1, -0.05) is 6.08 Å². The van der Waals surface area contributed by atoms with Crippen molar-refractivity contribution in [3.05, 3.63) is 23.9 Å². The molecule has 0 aromatic heterocycles. The summed E-state index contributed by atoms with van der Waals surface area (Å²) in [4.78, 5) is 10.8. The largest absolute Gasteiger partial charge is 0.479 e. The van der Waals surface area contributed by atoms with Crippen LogP contribution in [0.25, 0.3) is 0 Å². The van der Waals surface area contributed by atoms with Gasteiger partial charge in [0.05, 0.1) is 0 Å². The molecule has 4 nitrogen and oxygen atoms in total. The Labute approximate surface area is 70.3 Å². The fourth-order valence-electron chi connectivity index (χ4n) is 1.03. The van der Waals surface area contributed by atoms with Crippen molar-refractivity contribution in [3.8, 4) is 0 Å². The molecule has 1 atom stereocenters. The number of hydrogen-bond donors (Lipinski definition) is 2. The van der Waals surface area contributed by atoms with E-state index in [0.29, 0.717) is 5.70 Å². The molecule has 66 valence electrons. The van der Waals surface area contributed by atoms with E-state index in [4.69, 9.17) is 15.6 Å². The maximum atomic E-state index is 10.8. The number of carboxylic acids is 1. The lowest BCUT2D eigenvalue weighted by Crippen LogP contribution is -2.39. The van der Waals surface area contributed by atoms with Crippen molar-refractivity contribution < 1.29 is 14.6 Å². The minimum atomic E-state index is -1.22. The first kappa shape index (κ1) is 8.80. The average Bonchev–Trinajstić information content (AvgIpc) is 2.06. The van der Waals surface area contributed by atoms with E-state index in [1.54, 1.807) is 12.2 Å². The zero-order chi connectivity index (χ0) is 9.19. The average molecular weight is 169 g/mol. The fourth-order valence-corrected chi connectivity index (χ4v) is 1.03. The molecule has 0 amide bonds. The zero-order valence-corrected chi connectivity index (χ0v) is 6.78. The Morgan fingerprint density at radius 2 is 2.50 bits per heavy atom. The topological polar surface area (TPSA) is 72.5 Å². The molecule has 0 bridgehead atoms. The zero-order valence-electron chi connectivity index (χ0n) is 6.78. The summed E-state index contributed by atoms with van der Waals surface area (Å²) in [5, 5.41) is 8.83. The van der Waals surface area contributed by atoms with Gasteiger partial charge in [-0.3, -0.25) is 0 Å². The first-order valence-corrected chi connectivity index (χ1v) is 3.54. The second kappa shape index (κ2) is 2.98. The second-order valence-corrected chi connectivity index (χ2v) is 2.64. The van der Waals surface area contributed by atoms with Crippen LogP contribution in [0, 0.1) is 0 Å². The van der Waals surface area contributed by atoms with Crippen molar-refractivity contribution in [2.24, 2.45) is 5.73 Å². The number of allylic oxidation sites excluding steroid dienone is 1. The Bertz CT molecular complexity index is 257. The lowest BCUT2D eigenvalue weighted by Gasteiger charge is -2.25. The highest BCUT2D eigenvalue weighted by molar-refractivity contribution is 5.81. The minimum Gasteiger partial charge on any atom is -0.479 e. The highest BCUT2D eigenvalue weighted by atomic mass is 16.5. The molecule has 0 aromatic carbocycles. The van der Waals surface area contributed by atoms with Crippen LogP contribution >= 0.6 is 0 Å². The van der Waals surface area contributed by atoms with Gasteiger partial charge in [0.2, 0.25) is 0 Å². The summed E-state index contributed by atoms with van der Waals surface area (Å²) in [6.07, 6.45) is 4.92. The van der Waals surface area contributed by atoms with Gasteiger partial charge in [0.15, 0.2) is 5.60 Å². The molecule has 1 aliphatic carbocycles. The van der Waals surface area contributed by atoms with Gasteiger partial charge in [0, 0.05) is 19.2 Å². The van der Waals surface area contributed by atoms with Crippen molar-refractivity contribution in [1.29, 1.82) is 0 Å². The summed E-state index contributed by atoms with van der Waals surface area (Å²) >= 11 is 0. The maximum absolute atomic E-state index is 10.8. The SMILES string of the molecule is COC1(C(=O)O)C=CC(N)=CC1. The Balaban J connectivity index is 2.88. The van der Waals surface area contributed by atoms with Crippen molar-refractivity contribution in [3.63, 3.8) is 0 Å². The molecule has 1 unspecified atom stereocenters. The fraction of sp³-hybridized carbons (Fsp3) is 0.375. The standard InChI is InChI=1S/C8H11NO3/c1-12-8(7(10)11)4-2-6(9)3-5-8/h2-4H,5,9H2,1H3,(H,10,11). The molecule has 0 fully saturated rings. The van der Waals surface area contributed by atoms with Crippen LogP contribution in [-0.2, 0) is 9.53 Å². The van der Waals surface area contributed by atoms with Gasteiger partial charge in [-0.05, 0) is 12.2 Å². The predicted molar refractivity (Wildman–Crippen MR) is 43.4 cm³/mol. The van der Waals surface area contributed by atoms with Gasteiger partial charge >= 0.3 is 5.97 Å². The Hall–Kier alpha value is -1.29. The number of ether oxygens (including phenoxy) is 1. The molecule has 4 heteroatoms. The maximum Gasteiger partial charge on any atom is 0.340 e. The van der Waals surface area contributed by atoms with E-state index >= 15 is 0 Å². The summed E-state index contributed by atoms with van der Waals surface area (Å²) in [6.45, 7) is 0. The summed E-state index contributed by atoms with van der Waals surface area (Å²) in [6, 6.07) is 0. The van der Waals surface area contributed by atoms with Gasteiger partial charge < -0.3 is 15.6 Å². The number of hydrogen-bond acceptors (Lipinski definition) is 3. The molecule has 1 aliphatic rings. The lowest BCUT2D eigenvalue weighted by molar-refractivity contribution is -0.156. The predicted octanol–water partition coefficient (Wildman–Crippen LogP) is 0.259. The Morgan fingerprint density at radius 1 is 1.83 bits per heavy atom. The Morgan fingerprint density at radius 3 is 2.83 bits per heavy atom. The number of carboxylic acid groups (broad SMARTS) is 1. The molecule has 1 rings (SSSR count). The van der Waals surface area contributed by atoms with Crippen LogP contribution in [0.3, 0.4) is 0 Å². The number of nitrogens with two attached hydrogens (primary N) is 1. The molecular formula is C8H11NO3. The van der Waals surface area contributed by atoms with Gasteiger partial charge in [-0.2, -0.15) is 0 Å².